The summed E-state index contributed by atoms with van der Waals surface area (Å²) in [6.07, 6.45) is 0. The van der Waals surface area contributed by atoms with Gasteiger partial charge < -0.3 is 25.1 Å². The lowest BCUT2D eigenvalue weighted by Gasteiger charge is -2.31. The van der Waals surface area contributed by atoms with Crippen molar-refractivity contribution in [2.24, 2.45) is 5.73 Å². The fraction of sp³-hybridized carbons (Fsp3) is 0.600. The van der Waals surface area contributed by atoms with Gasteiger partial charge in [0.2, 0.25) is 0 Å². The lowest BCUT2D eigenvalue weighted by Crippen LogP contribution is -2.38. The average molecular weight is 298 g/mol. The van der Waals surface area contributed by atoms with E-state index in [9.17, 15) is 5.11 Å². The van der Waals surface area contributed by atoms with Gasteiger partial charge in [-0.15, -0.1) is 0 Å². The van der Waals surface area contributed by atoms with Crippen molar-refractivity contribution < 1.29 is 19.3 Å². The molecule has 0 heterocycles. The molecule has 0 saturated heterocycles. The van der Waals surface area contributed by atoms with Crippen LogP contribution in [0.2, 0.25) is 0 Å². The zero-order chi connectivity index (χ0) is 15.7. The van der Waals surface area contributed by atoms with Crippen molar-refractivity contribution in [1.29, 1.82) is 0 Å². The van der Waals surface area contributed by atoms with Gasteiger partial charge in [-0.2, -0.15) is 0 Å². The van der Waals surface area contributed by atoms with Crippen molar-refractivity contribution in [3.63, 3.8) is 0 Å². The number of phenolic OH excluding ortho intramolecular Hbond substituents is 1. The largest absolute Gasteiger partial charge is 0.504 e. The molecule has 120 valence electrons. The second-order valence-electron chi connectivity index (χ2n) is 4.67. The molecule has 0 saturated carbocycles. The maximum atomic E-state index is 10.3. The van der Waals surface area contributed by atoms with E-state index in [0.717, 1.165) is 5.56 Å². The van der Waals surface area contributed by atoms with Crippen LogP contribution >= 0.6 is 0 Å². The molecule has 0 radical (unpaired) electrons. The second-order valence-corrected chi connectivity index (χ2v) is 4.67. The van der Waals surface area contributed by atoms with Crippen molar-refractivity contribution in [2.75, 3.05) is 54.2 Å². The van der Waals surface area contributed by atoms with Crippen LogP contribution in [0.5, 0.6) is 11.5 Å². The number of phenols is 1. The molecule has 1 atom stereocenters. The monoisotopic (exact) mass is 298 g/mol. The Balaban J connectivity index is 3.00. The van der Waals surface area contributed by atoms with E-state index in [1.165, 1.54) is 7.11 Å². The van der Waals surface area contributed by atoms with Crippen molar-refractivity contribution in [2.45, 2.75) is 6.04 Å². The molecule has 0 bridgehead atoms. The maximum Gasteiger partial charge on any atom is 0.162 e. The van der Waals surface area contributed by atoms with Crippen LogP contribution < -0.4 is 10.5 Å². The van der Waals surface area contributed by atoms with Crippen molar-refractivity contribution in [3.8, 4) is 11.5 Å². The maximum absolute atomic E-state index is 10.3. The van der Waals surface area contributed by atoms with Crippen molar-refractivity contribution in [3.05, 3.63) is 23.8 Å². The number of nitrogens with two attached hydrogens (primary N) is 1. The normalized spacial score (nSPS) is 12.6. The third kappa shape index (κ3) is 4.86. The molecule has 0 amide bonds. The van der Waals surface area contributed by atoms with Gasteiger partial charge >= 0.3 is 0 Å². The van der Waals surface area contributed by atoms with E-state index < -0.39 is 0 Å². The SMILES string of the molecule is COCCN(CCOC)C(CN)c1cccc(OC)c1O. The minimum atomic E-state index is -0.120. The Bertz CT molecular complexity index is 407. The molecule has 1 rings (SSSR count). The summed E-state index contributed by atoms with van der Waals surface area (Å²) in [6.45, 7) is 2.97. The van der Waals surface area contributed by atoms with Gasteiger partial charge in [-0.25, -0.2) is 0 Å². The van der Waals surface area contributed by atoms with E-state index in [1.54, 1.807) is 20.3 Å². The number of rotatable bonds is 10. The number of hydrogen-bond acceptors (Lipinski definition) is 6. The third-order valence-electron chi connectivity index (χ3n) is 3.44. The van der Waals surface area contributed by atoms with Crippen LogP contribution in [-0.4, -0.2) is 64.2 Å². The van der Waals surface area contributed by atoms with Crippen molar-refractivity contribution in [1.82, 2.24) is 4.90 Å². The Morgan fingerprint density at radius 2 is 1.76 bits per heavy atom. The predicted molar refractivity (Wildman–Crippen MR) is 81.8 cm³/mol. The second kappa shape index (κ2) is 9.57. The van der Waals surface area contributed by atoms with E-state index in [1.807, 2.05) is 12.1 Å². The first-order chi connectivity index (χ1) is 10.2. The molecule has 3 N–H and O–H groups in total. The number of benzene rings is 1. The molecule has 0 aromatic heterocycles. The van der Waals surface area contributed by atoms with Gasteiger partial charge in [-0.3, -0.25) is 4.90 Å². The molecule has 21 heavy (non-hydrogen) atoms. The number of ether oxygens (including phenoxy) is 3. The third-order valence-corrected chi connectivity index (χ3v) is 3.44. The van der Waals surface area contributed by atoms with E-state index in [0.29, 0.717) is 38.6 Å². The number of aromatic hydroxyl groups is 1. The van der Waals surface area contributed by atoms with Crippen LogP contribution in [0.1, 0.15) is 11.6 Å². The first kappa shape index (κ1) is 17.7. The molecule has 0 fully saturated rings. The van der Waals surface area contributed by atoms with E-state index in [4.69, 9.17) is 19.9 Å². The zero-order valence-electron chi connectivity index (χ0n) is 13.0. The molecule has 6 nitrogen and oxygen atoms in total. The highest BCUT2D eigenvalue weighted by atomic mass is 16.5. The fourth-order valence-corrected chi connectivity index (χ4v) is 2.29. The summed E-state index contributed by atoms with van der Waals surface area (Å²) in [4.78, 5) is 2.14. The van der Waals surface area contributed by atoms with Gasteiger partial charge in [0.25, 0.3) is 0 Å². The molecule has 6 heteroatoms. The molecule has 0 spiro atoms. The standard InChI is InChI=1S/C15H26N2O4/c1-19-9-7-17(8-10-20-2)13(11-16)12-5-4-6-14(21-3)15(12)18/h4-6,13,18H,7-11,16H2,1-3H3. The summed E-state index contributed by atoms with van der Waals surface area (Å²) in [7, 11) is 4.86. The van der Waals surface area contributed by atoms with Gasteiger partial charge in [0.05, 0.1) is 26.4 Å². The lowest BCUT2D eigenvalue weighted by atomic mass is 10.0. The van der Waals surface area contributed by atoms with E-state index >= 15 is 0 Å². The Labute approximate surface area is 126 Å². The molecule has 0 aliphatic heterocycles. The number of para-hydroxylation sites is 1. The lowest BCUT2D eigenvalue weighted by molar-refractivity contribution is 0.0882. The first-order valence-electron chi connectivity index (χ1n) is 6.97. The Morgan fingerprint density at radius 1 is 1.14 bits per heavy atom. The van der Waals surface area contributed by atoms with E-state index in [2.05, 4.69) is 4.90 Å². The highest BCUT2D eigenvalue weighted by molar-refractivity contribution is 5.47. The van der Waals surface area contributed by atoms with Crippen molar-refractivity contribution >= 4 is 0 Å². The summed E-state index contributed by atoms with van der Waals surface area (Å²) >= 11 is 0. The molecule has 1 aromatic rings. The van der Waals surface area contributed by atoms with Gasteiger partial charge in [0.1, 0.15) is 0 Å². The molecular weight excluding hydrogens is 272 g/mol. The predicted octanol–water partition coefficient (Wildman–Crippen LogP) is 0.995. The quantitative estimate of drug-likeness (QED) is 0.671. The topological polar surface area (TPSA) is 77.2 Å². The van der Waals surface area contributed by atoms with Crippen LogP contribution in [0.15, 0.2) is 18.2 Å². The van der Waals surface area contributed by atoms with Crippen LogP contribution in [0.4, 0.5) is 0 Å². The summed E-state index contributed by atoms with van der Waals surface area (Å²) < 4.78 is 15.5. The van der Waals surface area contributed by atoms with Gasteiger partial charge in [0, 0.05) is 39.4 Å². The first-order valence-corrected chi connectivity index (χ1v) is 6.97. The van der Waals surface area contributed by atoms with Gasteiger partial charge in [0.15, 0.2) is 11.5 Å². The highest BCUT2D eigenvalue weighted by Gasteiger charge is 2.23. The summed E-state index contributed by atoms with van der Waals surface area (Å²) in [6, 6.07) is 5.31. The Morgan fingerprint density at radius 3 is 2.24 bits per heavy atom. The average Bonchev–Trinajstić information content (AvgIpc) is 2.51. The molecular formula is C15H26N2O4. The minimum absolute atomic E-state index is 0.120. The number of nitrogens with zero attached hydrogens (tertiary/aromatic N) is 1. The summed E-state index contributed by atoms with van der Waals surface area (Å²) in [5.74, 6) is 0.583. The Kier molecular flexibility index (Phi) is 8.07. The highest BCUT2D eigenvalue weighted by Crippen LogP contribution is 2.35. The Hall–Kier alpha value is -1.34. The van der Waals surface area contributed by atoms with Crippen LogP contribution in [0, 0.1) is 0 Å². The molecule has 1 aromatic carbocycles. The number of methoxy groups -OCH3 is 3. The van der Waals surface area contributed by atoms with Gasteiger partial charge in [-0.1, -0.05) is 12.1 Å². The minimum Gasteiger partial charge on any atom is -0.504 e. The molecule has 1 unspecified atom stereocenters. The smallest absolute Gasteiger partial charge is 0.162 e. The molecule has 0 aliphatic carbocycles. The fourth-order valence-electron chi connectivity index (χ4n) is 2.29. The van der Waals surface area contributed by atoms with Gasteiger partial charge in [-0.05, 0) is 6.07 Å². The van der Waals surface area contributed by atoms with E-state index in [-0.39, 0.29) is 11.8 Å². The number of hydrogen-bond donors (Lipinski definition) is 2. The summed E-state index contributed by atoms with van der Waals surface area (Å²) in [5, 5.41) is 10.3. The van der Waals surface area contributed by atoms with Crippen LogP contribution in [-0.2, 0) is 9.47 Å². The van der Waals surface area contributed by atoms with Crippen LogP contribution in [0.3, 0.4) is 0 Å². The molecule has 0 aliphatic rings. The summed E-state index contributed by atoms with van der Waals surface area (Å²) in [5.41, 5.74) is 6.69. The zero-order valence-corrected chi connectivity index (χ0v) is 13.0. The van der Waals surface area contributed by atoms with Crippen LogP contribution in [0.25, 0.3) is 0 Å².